The molecule has 2 nitrogen and oxygen atoms in total. The molecule has 1 aliphatic carbocycles. The molecule has 0 saturated heterocycles. The molecule has 0 aliphatic heterocycles. The lowest BCUT2D eigenvalue weighted by atomic mass is 9.74. The van der Waals surface area contributed by atoms with Gasteiger partial charge in [0.15, 0.2) is 0 Å². The van der Waals surface area contributed by atoms with Gasteiger partial charge in [0.2, 0.25) is 0 Å². The molecule has 0 aromatic rings. The van der Waals surface area contributed by atoms with Crippen LogP contribution in [-0.2, 0) is 4.79 Å². The van der Waals surface area contributed by atoms with Crippen LogP contribution < -0.4 is 0 Å². The summed E-state index contributed by atoms with van der Waals surface area (Å²) in [7, 11) is 0. The Morgan fingerprint density at radius 3 is 2.64 bits per heavy atom. The molecule has 0 radical (unpaired) electrons. The van der Waals surface area contributed by atoms with Gasteiger partial charge in [-0.3, -0.25) is 0 Å². The predicted molar refractivity (Wildman–Crippen MR) is 57.1 cm³/mol. The van der Waals surface area contributed by atoms with Crippen molar-refractivity contribution in [1.82, 2.24) is 0 Å². The fourth-order valence-corrected chi connectivity index (χ4v) is 2.39. The van der Waals surface area contributed by atoms with Crippen LogP contribution in [-0.4, -0.2) is 11.1 Å². The topological polar surface area (TPSA) is 37.3 Å². The molecule has 2 heteroatoms. The third kappa shape index (κ3) is 2.86. The van der Waals surface area contributed by atoms with E-state index < -0.39 is 5.97 Å². The first-order valence-corrected chi connectivity index (χ1v) is 5.44. The lowest BCUT2D eigenvalue weighted by Crippen LogP contribution is -2.21. The maximum Gasteiger partial charge on any atom is 0.328 e. The van der Waals surface area contributed by atoms with Crippen molar-refractivity contribution in [2.24, 2.45) is 17.8 Å². The summed E-state index contributed by atoms with van der Waals surface area (Å²) in [5.41, 5.74) is 1.14. The summed E-state index contributed by atoms with van der Waals surface area (Å²) in [4.78, 5) is 10.7. The van der Waals surface area contributed by atoms with Gasteiger partial charge in [-0.1, -0.05) is 26.3 Å². The standard InChI is InChI=1S/C12H20O2/c1-8(2)11-5-4-9(3)6-10(11)7-12(13)14/h7-9,11H,4-6H2,1-3H3,(H,13,14)/b10-7+. The molecule has 0 amide bonds. The van der Waals surface area contributed by atoms with E-state index in [0.717, 1.165) is 18.4 Å². The molecule has 0 aromatic carbocycles. The fourth-order valence-electron chi connectivity index (χ4n) is 2.39. The van der Waals surface area contributed by atoms with Gasteiger partial charge in [-0.25, -0.2) is 4.79 Å². The van der Waals surface area contributed by atoms with E-state index in [9.17, 15) is 4.79 Å². The van der Waals surface area contributed by atoms with Crippen LogP contribution in [0.2, 0.25) is 0 Å². The Kier molecular flexibility index (Phi) is 3.73. The number of hydrogen-bond acceptors (Lipinski definition) is 1. The lowest BCUT2D eigenvalue weighted by Gasteiger charge is -2.31. The molecule has 1 aliphatic rings. The number of carboxylic acids is 1. The zero-order valence-corrected chi connectivity index (χ0v) is 9.29. The van der Waals surface area contributed by atoms with Crippen molar-refractivity contribution < 1.29 is 9.90 Å². The van der Waals surface area contributed by atoms with E-state index in [1.165, 1.54) is 12.5 Å². The van der Waals surface area contributed by atoms with Crippen LogP contribution in [0, 0.1) is 17.8 Å². The van der Waals surface area contributed by atoms with E-state index in [1.54, 1.807) is 0 Å². The van der Waals surface area contributed by atoms with Crippen molar-refractivity contribution in [2.75, 3.05) is 0 Å². The molecule has 1 saturated carbocycles. The second kappa shape index (κ2) is 4.63. The average molecular weight is 196 g/mol. The van der Waals surface area contributed by atoms with Crippen LogP contribution in [0.5, 0.6) is 0 Å². The van der Waals surface area contributed by atoms with E-state index in [2.05, 4.69) is 20.8 Å². The van der Waals surface area contributed by atoms with Crippen molar-refractivity contribution in [3.63, 3.8) is 0 Å². The number of rotatable bonds is 2. The van der Waals surface area contributed by atoms with Crippen LogP contribution in [0.15, 0.2) is 11.6 Å². The predicted octanol–water partition coefficient (Wildman–Crippen LogP) is 3.09. The average Bonchev–Trinajstić information content (AvgIpc) is 2.01. The Morgan fingerprint density at radius 2 is 2.14 bits per heavy atom. The summed E-state index contributed by atoms with van der Waals surface area (Å²) < 4.78 is 0. The van der Waals surface area contributed by atoms with Crippen LogP contribution in [0.4, 0.5) is 0 Å². The molecule has 1 rings (SSSR count). The minimum absolute atomic E-state index is 0.488. The largest absolute Gasteiger partial charge is 0.478 e. The van der Waals surface area contributed by atoms with Gasteiger partial charge < -0.3 is 5.11 Å². The van der Waals surface area contributed by atoms with Gasteiger partial charge in [0.1, 0.15) is 0 Å². The summed E-state index contributed by atoms with van der Waals surface area (Å²) in [6.45, 7) is 6.55. The van der Waals surface area contributed by atoms with Gasteiger partial charge in [0.05, 0.1) is 0 Å². The Morgan fingerprint density at radius 1 is 1.50 bits per heavy atom. The molecule has 14 heavy (non-hydrogen) atoms. The van der Waals surface area contributed by atoms with Crippen molar-refractivity contribution in [2.45, 2.75) is 40.0 Å². The van der Waals surface area contributed by atoms with Crippen LogP contribution in [0.3, 0.4) is 0 Å². The van der Waals surface area contributed by atoms with Gasteiger partial charge in [-0.15, -0.1) is 0 Å². The first kappa shape index (κ1) is 11.3. The molecule has 0 spiro atoms. The van der Waals surface area contributed by atoms with E-state index in [1.807, 2.05) is 0 Å². The highest BCUT2D eigenvalue weighted by molar-refractivity contribution is 5.80. The molecular formula is C12H20O2. The highest BCUT2D eigenvalue weighted by atomic mass is 16.4. The summed E-state index contributed by atoms with van der Waals surface area (Å²) in [6.07, 6.45) is 4.78. The molecule has 1 fully saturated rings. The lowest BCUT2D eigenvalue weighted by molar-refractivity contribution is -0.131. The molecule has 80 valence electrons. The first-order chi connectivity index (χ1) is 6.50. The van der Waals surface area contributed by atoms with E-state index in [0.29, 0.717) is 17.8 Å². The third-order valence-corrected chi connectivity index (χ3v) is 3.14. The fraction of sp³-hybridized carbons (Fsp3) is 0.750. The smallest absolute Gasteiger partial charge is 0.328 e. The molecule has 2 atom stereocenters. The zero-order valence-electron chi connectivity index (χ0n) is 9.29. The Hall–Kier alpha value is -0.790. The Labute approximate surface area is 86.0 Å². The van der Waals surface area contributed by atoms with Crippen molar-refractivity contribution in [3.05, 3.63) is 11.6 Å². The molecule has 0 bridgehead atoms. The number of aliphatic carboxylic acids is 1. The summed E-state index contributed by atoms with van der Waals surface area (Å²) in [5.74, 6) is 0.908. The maximum atomic E-state index is 10.7. The van der Waals surface area contributed by atoms with Gasteiger partial charge in [0.25, 0.3) is 0 Å². The van der Waals surface area contributed by atoms with Gasteiger partial charge in [-0.2, -0.15) is 0 Å². The zero-order chi connectivity index (χ0) is 10.7. The molecule has 0 aromatic heterocycles. The number of allylic oxidation sites excluding steroid dienone is 1. The first-order valence-electron chi connectivity index (χ1n) is 5.44. The minimum atomic E-state index is -0.792. The molecule has 1 N–H and O–H groups in total. The number of hydrogen-bond donors (Lipinski definition) is 1. The molecular weight excluding hydrogens is 176 g/mol. The molecule has 0 heterocycles. The Bertz CT molecular complexity index is 241. The van der Waals surface area contributed by atoms with Crippen LogP contribution >= 0.6 is 0 Å². The quantitative estimate of drug-likeness (QED) is 0.689. The monoisotopic (exact) mass is 196 g/mol. The van der Waals surface area contributed by atoms with Gasteiger partial charge >= 0.3 is 5.97 Å². The van der Waals surface area contributed by atoms with Crippen molar-refractivity contribution in [3.8, 4) is 0 Å². The van der Waals surface area contributed by atoms with Crippen molar-refractivity contribution in [1.29, 1.82) is 0 Å². The summed E-state index contributed by atoms with van der Waals surface area (Å²) in [5, 5.41) is 8.78. The van der Waals surface area contributed by atoms with Gasteiger partial charge in [0, 0.05) is 6.08 Å². The van der Waals surface area contributed by atoms with E-state index in [4.69, 9.17) is 5.11 Å². The second-order valence-corrected chi connectivity index (χ2v) is 4.79. The normalized spacial score (nSPS) is 31.0. The highest BCUT2D eigenvalue weighted by Gasteiger charge is 2.25. The second-order valence-electron chi connectivity index (χ2n) is 4.79. The van der Waals surface area contributed by atoms with E-state index in [-0.39, 0.29) is 0 Å². The summed E-state index contributed by atoms with van der Waals surface area (Å²) >= 11 is 0. The molecule has 2 unspecified atom stereocenters. The van der Waals surface area contributed by atoms with Gasteiger partial charge in [-0.05, 0) is 37.0 Å². The van der Waals surface area contributed by atoms with Crippen LogP contribution in [0.25, 0.3) is 0 Å². The minimum Gasteiger partial charge on any atom is -0.478 e. The Balaban J connectivity index is 2.78. The van der Waals surface area contributed by atoms with E-state index >= 15 is 0 Å². The third-order valence-electron chi connectivity index (χ3n) is 3.14. The van der Waals surface area contributed by atoms with Crippen molar-refractivity contribution >= 4 is 5.97 Å². The number of carboxylic acid groups (broad SMARTS) is 1. The summed E-state index contributed by atoms with van der Waals surface area (Å²) in [6, 6.07) is 0. The SMILES string of the molecule is CC1CCC(C(C)C)/C(=C/C(=O)O)C1. The maximum absolute atomic E-state index is 10.7. The number of carbonyl (C=O) groups is 1. The van der Waals surface area contributed by atoms with Crippen LogP contribution in [0.1, 0.15) is 40.0 Å². The highest BCUT2D eigenvalue weighted by Crippen LogP contribution is 2.37.